The van der Waals surface area contributed by atoms with Gasteiger partial charge in [0.15, 0.2) is 0 Å². The van der Waals surface area contributed by atoms with Gasteiger partial charge in [-0.05, 0) is 83.5 Å². The summed E-state index contributed by atoms with van der Waals surface area (Å²) in [6, 6.07) is -0.724. The number of rotatable bonds is 46. The van der Waals surface area contributed by atoms with Gasteiger partial charge in [0, 0.05) is 6.42 Å². The van der Waals surface area contributed by atoms with Crippen LogP contribution in [0.15, 0.2) is 85.1 Å². The maximum Gasteiger partial charge on any atom is 0.306 e. The zero-order chi connectivity index (χ0) is 45.9. The van der Waals surface area contributed by atoms with Gasteiger partial charge in [-0.15, -0.1) is 0 Å². The Morgan fingerprint density at radius 2 is 0.921 bits per heavy atom. The number of unbranched alkanes of at least 4 members (excludes halogenated alkanes) is 23. The fraction of sp³-hybridized carbons (Fsp3) is 0.719. The first-order chi connectivity index (χ1) is 31.0. The van der Waals surface area contributed by atoms with Gasteiger partial charge in [0.25, 0.3) is 0 Å². The third kappa shape index (κ3) is 45.4. The average molecular weight is 878 g/mol. The minimum absolute atomic E-state index is 0.0384. The summed E-state index contributed by atoms with van der Waals surface area (Å²) in [4.78, 5) is 26.2. The molecule has 0 aliphatic carbocycles. The highest BCUT2D eigenvalue weighted by atomic mass is 16.5. The van der Waals surface area contributed by atoms with E-state index < -0.39 is 18.2 Å². The highest BCUT2D eigenvalue weighted by molar-refractivity contribution is 5.77. The quantitative estimate of drug-likeness (QED) is 0.0245. The average Bonchev–Trinajstić information content (AvgIpc) is 3.28. The third-order valence-corrected chi connectivity index (χ3v) is 11.6. The Morgan fingerprint density at radius 1 is 0.492 bits per heavy atom. The molecule has 0 saturated heterocycles. The summed E-state index contributed by atoms with van der Waals surface area (Å²) in [7, 11) is 0. The highest BCUT2D eigenvalue weighted by Crippen LogP contribution is 2.17. The fourth-order valence-corrected chi connectivity index (χ4v) is 7.56. The van der Waals surface area contributed by atoms with E-state index in [-0.39, 0.29) is 24.9 Å². The molecule has 0 bridgehead atoms. The second kappa shape index (κ2) is 50.0. The molecular formula is C57H99NO5. The first kappa shape index (κ1) is 60.0. The molecule has 0 aliphatic rings. The van der Waals surface area contributed by atoms with Gasteiger partial charge in [-0.1, -0.05) is 228 Å². The zero-order valence-electron chi connectivity index (χ0n) is 41.2. The molecule has 0 radical (unpaired) electrons. The van der Waals surface area contributed by atoms with Crippen molar-refractivity contribution in [1.29, 1.82) is 0 Å². The number of esters is 1. The van der Waals surface area contributed by atoms with Gasteiger partial charge in [-0.25, -0.2) is 0 Å². The third-order valence-electron chi connectivity index (χ3n) is 11.6. The molecule has 0 aromatic heterocycles. The molecule has 1 amide bonds. The molecule has 6 nitrogen and oxygen atoms in total. The van der Waals surface area contributed by atoms with E-state index in [0.717, 1.165) is 96.3 Å². The van der Waals surface area contributed by atoms with Gasteiger partial charge in [0.05, 0.1) is 25.2 Å². The predicted octanol–water partition coefficient (Wildman–Crippen LogP) is 16.0. The molecule has 0 aliphatic heterocycles. The lowest BCUT2D eigenvalue weighted by molar-refractivity contribution is -0.151. The van der Waals surface area contributed by atoms with Crippen molar-refractivity contribution in [2.75, 3.05) is 6.61 Å². The predicted molar refractivity (Wildman–Crippen MR) is 273 cm³/mol. The molecule has 0 aromatic rings. The molecule has 0 spiro atoms. The lowest BCUT2D eigenvalue weighted by Crippen LogP contribution is -2.46. The van der Waals surface area contributed by atoms with Crippen LogP contribution in [0.1, 0.15) is 239 Å². The summed E-state index contributed by atoms with van der Waals surface area (Å²) in [5.41, 5.74) is 0. The summed E-state index contributed by atoms with van der Waals surface area (Å²) in [6.07, 6.45) is 65.0. The van der Waals surface area contributed by atoms with Crippen LogP contribution >= 0.6 is 0 Å². The van der Waals surface area contributed by atoms with E-state index in [0.29, 0.717) is 19.3 Å². The number of hydrogen-bond donors (Lipinski definition) is 3. The fourth-order valence-electron chi connectivity index (χ4n) is 7.56. The van der Waals surface area contributed by atoms with E-state index in [1.807, 2.05) is 24.3 Å². The standard InChI is InChI=1S/C57H99NO5/c1-4-7-10-13-16-19-22-25-27-28-29-32-35-38-41-44-47-50-57(62)63-53(48-45-42-39-36-33-30-24-21-18-15-12-9-6-3)51-56(61)58-54(52-59)55(60)49-46-43-40-37-34-31-26-23-20-17-14-11-8-5-2/h9,12,15-16,18-19,21,24-25,27,29-30,32-33,53-55,59-60H,4-8,10-11,13-14,17,20,22-23,26,28,31,34-52H2,1-3H3,(H,58,61)/b12-9+,18-15+,19-16-,24-21+,27-25-,32-29-,33-30-. The monoisotopic (exact) mass is 878 g/mol. The normalized spacial score (nSPS) is 13.9. The van der Waals surface area contributed by atoms with Crippen molar-refractivity contribution in [3.63, 3.8) is 0 Å². The van der Waals surface area contributed by atoms with Crippen LogP contribution in [0.2, 0.25) is 0 Å². The number of ether oxygens (including phenoxy) is 1. The van der Waals surface area contributed by atoms with E-state index in [1.165, 1.54) is 96.3 Å². The summed E-state index contributed by atoms with van der Waals surface area (Å²) < 4.78 is 5.91. The van der Waals surface area contributed by atoms with E-state index in [1.54, 1.807) is 0 Å². The van der Waals surface area contributed by atoms with Gasteiger partial charge in [-0.3, -0.25) is 9.59 Å². The van der Waals surface area contributed by atoms with Crippen LogP contribution in [-0.2, 0) is 14.3 Å². The Labute approximate surface area is 389 Å². The molecule has 3 atom stereocenters. The number of nitrogens with one attached hydrogen (secondary N) is 1. The minimum atomic E-state index is -0.807. The Bertz CT molecular complexity index is 1210. The Kier molecular flexibility index (Phi) is 47.7. The molecule has 6 heteroatoms. The van der Waals surface area contributed by atoms with E-state index in [2.05, 4.69) is 86.8 Å². The summed E-state index contributed by atoms with van der Waals surface area (Å²) in [6.45, 7) is 6.30. The van der Waals surface area contributed by atoms with Gasteiger partial charge in [-0.2, -0.15) is 0 Å². The van der Waals surface area contributed by atoms with Crippen molar-refractivity contribution in [1.82, 2.24) is 5.32 Å². The van der Waals surface area contributed by atoms with Gasteiger partial charge in [0.2, 0.25) is 5.91 Å². The smallest absolute Gasteiger partial charge is 0.306 e. The Hall–Kier alpha value is -2.96. The SMILES string of the molecule is CC/C=C/C=C/C=C/C=C\CCCCCC(CC(=O)NC(CO)C(O)CCCCCCCCCCCCCCCC)OC(=O)CCCCCC/C=C\C/C=C\C/C=C\CCCCC. The minimum Gasteiger partial charge on any atom is -0.462 e. The van der Waals surface area contributed by atoms with Gasteiger partial charge < -0.3 is 20.3 Å². The molecule has 0 aromatic carbocycles. The van der Waals surface area contributed by atoms with Crippen molar-refractivity contribution in [2.45, 2.75) is 257 Å². The van der Waals surface area contributed by atoms with Crippen LogP contribution in [0.4, 0.5) is 0 Å². The molecular weight excluding hydrogens is 779 g/mol. The summed E-state index contributed by atoms with van der Waals surface area (Å²) in [5.74, 6) is -0.542. The maximum atomic E-state index is 13.2. The molecule has 63 heavy (non-hydrogen) atoms. The van der Waals surface area contributed by atoms with E-state index in [4.69, 9.17) is 4.74 Å². The number of aliphatic hydroxyl groups excluding tert-OH is 2. The van der Waals surface area contributed by atoms with Crippen molar-refractivity contribution in [3.05, 3.63) is 85.1 Å². The number of carbonyl (C=O) groups excluding carboxylic acids is 2. The van der Waals surface area contributed by atoms with Crippen LogP contribution in [0.25, 0.3) is 0 Å². The largest absolute Gasteiger partial charge is 0.462 e. The first-order valence-electron chi connectivity index (χ1n) is 26.4. The molecule has 0 rings (SSSR count). The summed E-state index contributed by atoms with van der Waals surface area (Å²) >= 11 is 0. The number of carbonyl (C=O) groups is 2. The lowest BCUT2D eigenvalue weighted by atomic mass is 10.0. The Balaban J connectivity index is 4.66. The molecule has 3 N–H and O–H groups in total. The second-order valence-electron chi connectivity index (χ2n) is 17.6. The van der Waals surface area contributed by atoms with E-state index >= 15 is 0 Å². The van der Waals surface area contributed by atoms with Crippen molar-refractivity contribution >= 4 is 11.9 Å². The zero-order valence-corrected chi connectivity index (χ0v) is 41.2. The van der Waals surface area contributed by atoms with Crippen LogP contribution in [0.3, 0.4) is 0 Å². The van der Waals surface area contributed by atoms with Crippen LogP contribution in [-0.4, -0.2) is 46.9 Å². The van der Waals surface area contributed by atoms with Crippen LogP contribution in [0, 0.1) is 0 Å². The van der Waals surface area contributed by atoms with Crippen molar-refractivity contribution < 1.29 is 24.5 Å². The van der Waals surface area contributed by atoms with Gasteiger partial charge in [0.1, 0.15) is 6.10 Å². The number of aliphatic hydroxyl groups is 2. The number of amides is 1. The summed E-state index contributed by atoms with van der Waals surface area (Å²) in [5, 5.41) is 23.8. The maximum absolute atomic E-state index is 13.2. The van der Waals surface area contributed by atoms with Crippen LogP contribution in [0.5, 0.6) is 0 Å². The Morgan fingerprint density at radius 3 is 1.49 bits per heavy atom. The van der Waals surface area contributed by atoms with Crippen molar-refractivity contribution in [2.24, 2.45) is 0 Å². The molecule has 0 fully saturated rings. The topological polar surface area (TPSA) is 95.9 Å². The lowest BCUT2D eigenvalue weighted by Gasteiger charge is -2.24. The highest BCUT2D eigenvalue weighted by Gasteiger charge is 2.24. The van der Waals surface area contributed by atoms with Gasteiger partial charge >= 0.3 is 5.97 Å². The van der Waals surface area contributed by atoms with E-state index in [9.17, 15) is 19.8 Å². The van der Waals surface area contributed by atoms with Crippen LogP contribution < -0.4 is 5.32 Å². The second-order valence-corrected chi connectivity index (χ2v) is 17.6. The molecule has 0 saturated carbocycles. The first-order valence-corrected chi connectivity index (χ1v) is 26.4. The number of hydrogen-bond acceptors (Lipinski definition) is 5. The molecule has 0 heterocycles. The molecule has 362 valence electrons. The number of allylic oxidation sites excluding steroid dienone is 14. The molecule has 3 unspecified atom stereocenters. The van der Waals surface area contributed by atoms with Crippen molar-refractivity contribution in [3.8, 4) is 0 Å².